The average Bonchev–Trinajstić information content (AvgIpc) is 2.44. The maximum absolute atomic E-state index is 10.4. The van der Waals surface area contributed by atoms with Crippen molar-refractivity contribution in [2.24, 2.45) is 0 Å². The molecular weight excluding hydrogens is 234 g/mol. The molecule has 0 radical (unpaired) electrons. The predicted molar refractivity (Wildman–Crippen MR) is 76.1 cm³/mol. The molecule has 1 heterocycles. The molecule has 98 valence electrons. The van der Waals surface area contributed by atoms with Crippen LogP contribution in [0.4, 0.5) is 0 Å². The fraction of sp³-hybridized carbons (Fsp3) is 0.353. The zero-order valence-electron chi connectivity index (χ0n) is 11.2. The second-order valence-corrected chi connectivity index (χ2v) is 5.25. The summed E-state index contributed by atoms with van der Waals surface area (Å²) in [4.78, 5) is 4.37. The number of hydrogen-bond acceptors (Lipinski definition) is 2. The smallest absolute Gasteiger partial charge is 0.0968 e. The van der Waals surface area contributed by atoms with E-state index in [0.717, 1.165) is 30.5 Å². The Balaban J connectivity index is 1.75. The molecule has 1 aromatic heterocycles. The topological polar surface area (TPSA) is 33.1 Å². The molecule has 2 aromatic rings. The molecule has 2 nitrogen and oxygen atoms in total. The van der Waals surface area contributed by atoms with Crippen molar-refractivity contribution in [2.75, 3.05) is 0 Å². The molecule has 3 rings (SSSR count). The highest BCUT2D eigenvalue weighted by molar-refractivity contribution is 5.40. The quantitative estimate of drug-likeness (QED) is 0.905. The average molecular weight is 253 g/mol. The molecule has 2 heteroatoms. The number of aliphatic hydroxyl groups excluding tert-OH is 1. The Kier molecular flexibility index (Phi) is 3.34. The molecule has 0 saturated carbocycles. The van der Waals surface area contributed by atoms with Crippen molar-refractivity contribution >= 4 is 0 Å². The number of benzene rings is 1. The van der Waals surface area contributed by atoms with Gasteiger partial charge in [0.1, 0.15) is 0 Å². The van der Waals surface area contributed by atoms with Gasteiger partial charge < -0.3 is 5.11 Å². The highest BCUT2D eigenvalue weighted by Crippen LogP contribution is 2.40. The summed E-state index contributed by atoms with van der Waals surface area (Å²) in [7, 11) is 0. The van der Waals surface area contributed by atoms with E-state index in [9.17, 15) is 5.11 Å². The lowest BCUT2D eigenvalue weighted by Gasteiger charge is -2.31. The maximum Gasteiger partial charge on any atom is 0.0968 e. The van der Waals surface area contributed by atoms with Crippen LogP contribution in [-0.4, -0.2) is 10.1 Å². The number of nitrogens with zero attached hydrogens (tertiary/aromatic N) is 1. The molecule has 0 bridgehead atoms. The van der Waals surface area contributed by atoms with Gasteiger partial charge in [-0.05, 0) is 47.9 Å². The standard InChI is InChI=1S/C17H19NO/c1-2-12-7-5-9-18-17(12)16(19)11-14-10-13-6-3-4-8-15(13)14/h3-9,14,16,19H,2,10-11H2,1H3. The summed E-state index contributed by atoms with van der Waals surface area (Å²) in [5.41, 5.74) is 4.84. The molecule has 2 atom stereocenters. The summed E-state index contributed by atoms with van der Waals surface area (Å²) in [5, 5.41) is 10.4. The molecule has 1 aliphatic rings. The summed E-state index contributed by atoms with van der Waals surface area (Å²) in [6.07, 6.45) is 4.10. The number of aromatic nitrogens is 1. The molecule has 1 N–H and O–H groups in total. The number of hydrogen-bond donors (Lipinski definition) is 1. The van der Waals surface area contributed by atoms with Crippen molar-refractivity contribution < 1.29 is 5.11 Å². The third-order valence-electron chi connectivity index (χ3n) is 4.09. The SMILES string of the molecule is CCc1cccnc1C(O)CC1Cc2ccccc21. The monoisotopic (exact) mass is 253 g/mol. The Morgan fingerprint density at radius 2 is 2.11 bits per heavy atom. The van der Waals surface area contributed by atoms with E-state index in [4.69, 9.17) is 0 Å². The summed E-state index contributed by atoms with van der Waals surface area (Å²) in [6, 6.07) is 12.5. The van der Waals surface area contributed by atoms with Gasteiger partial charge in [0.2, 0.25) is 0 Å². The molecule has 2 unspecified atom stereocenters. The van der Waals surface area contributed by atoms with Crippen LogP contribution in [0.5, 0.6) is 0 Å². The Bertz CT molecular complexity index is 579. The van der Waals surface area contributed by atoms with Crippen LogP contribution in [0, 0.1) is 0 Å². The van der Waals surface area contributed by atoms with E-state index < -0.39 is 6.10 Å². The van der Waals surface area contributed by atoms with Gasteiger partial charge in [-0.25, -0.2) is 0 Å². The van der Waals surface area contributed by atoms with E-state index in [2.05, 4.69) is 42.2 Å². The van der Waals surface area contributed by atoms with Crippen LogP contribution in [0.25, 0.3) is 0 Å². The van der Waals surface area contributed by atoms with Gasteiger partial charge in [-0.15, -0.1) is 0 Å². The van der Waals surface area contributed by atoms with Gasteiger partial charge in [0, 0.05) is 6.20 Å². The minimum atomic E-state index is -0.450. The van der Waals surface area contributed by atoms with Crippen LogP contribution < -0.4 is 0 Å². The Morgan fingerprint density at radius 1 is 1.26 bits per heavy atom. The molecule has 19 heavy (non-hydrogen) atoms. The Labute approximate surface area is 114 Å². The van der Waals surface area contributed by atoms with E-state index in [-0.39, 0.29) is 0 Å². The van der Waals surface area contributed by atoms with E-state index in [0.29, 0.717) is 5.92 Å². The molecule has 0 aliphatic heterocycles. The van der Waals surface area contributed by atoms with E-state index >= 15 is 0 Å². The van der Waals surface area contributed by atoms with E-state index in [1.807, 2.05) is 6.07 Å². The number of aryl methyl sites for hydroxylation is 1. The summed E-state index contributed by atoms with van der Waals surface area (Å²) in [6.45, 7) is 2.10. The molecule has 1 aliphatic carbocycles. The van der Waals surface area contributed by atoms with Crippen molar-refractivity contribution in [1.82, 2.24) is 4.98 Å². The van der Waals surface area contributed by atoms with Crippen LogP contribution >= 0.6 is 0 Å². The molecule has 0 fully saturated rings. The number of pyridine rings is 1. The minimum Gasteiger partial charge on any atom is -0.387 e. The third-order valence-corrected chi connectivity index (χ3v) is 4.09. The Hall–Kier alpha value is -1.67. The number of rotatable bonds is 4. The molecule has 1 aromatic carbocycles. The van der Waals surface area contributed by atoms with Gasteiger partial charge in [-0.1, -0.05) is 37.3 Å². The maximum atomic E-state index is 10.4. The highest BCUT2D eigenvalue weighted by atomic mass is 16.3. The van der Waals surface area contributed by atoms with Crippen molar-refractivity contribution in [3.63, 3.8) is 0 Å². The van der Waals surface area contributed by atoms with Crippen molar-refractivity contribution in [1.29, 1.82) is 0 Å². The molecule has 0 spiro atoms. The lowest BCUT2D eigenvalue weighted by Crippen LogP contribution is -2.20. The van der Waals surface area contributed by atoms with Crippen LogP contribution in [-0.2, 0) is 12.8 Å². The first kappa shape index (κ1) is 12.4. The van der Waals surface area contributed by atoms with Crippen LogP contribution in [0.2, 0.25) is 0 Å². The summed E-state index contributed by atoms with van der Waals surface area (Å²) < 4.78 is 0. The van der Waals surface area contributed by atoms with E-state index in [1.165, 1.54) is 11.1 Å². The second-order valence-electron chi connectivity index (χ2n) is 5.25. The number of aliphatic hydroxyl groups is 1. The van der Waals surface area contributed by atoms with Crippen molar-refractivity contribution in [2.45, 2.75) is 38.2 Å². The molecule has 0 saturated heterocycles. The number of fused-ring (bicyclic) bond motifs is 1. The predicted octanol–water partition coefficient (Wildman–Crippen LogP) is 3.41. The van der Waals surface area contributed by atoms with Crippen molar-refractivity contribution in [3.05, 3.63) is 65.0 Å². The van der Waals surface area contributed by atoms with Gasteiger partial charge in [0.25, 0.3) is 0 Å². The normalized spacial score (nSPS) is 18.5. The Morgan fingerprint density at radius 3 is 2.89 bits per heavy atom. The van der Waals surface area contributed by atoms with Gasteiger partial charge in [-0.2, -0.15) is 0 Å². The zero-order chi connectivity index (χ0) is 13.2. The summed E-state index contributed by atoms with van der Waals surface area (Å²) >= 11 is 0. The summed E-state index contributed by atoms with van der Waals surface area (Å²) in [5.74, 6) is 0.484. The lowest BCUT2D eigenvalue weighted by molar-refractivity contribution is 0.148. The van der Waals surface area contributed by atoms with Gasteiger partial charge in [0.05, 0.1) is 11.8 Å². The third kappa shape index (κ3) is 2.28. The van der Waals surface area contributed by atoms with Gasteiger partial charge >= 0.3 is 0 Å². The van der Waals surface area contributed by atoms with Crippen molar-refractivity contribution in [3.8, 4) is 0 Å². The second kappa shape index (κ2) is 5.14. The zero-order valence-corrected chi connectivity index (χ0v) is 11.2. The van der Waals surface area contributed by atoms with Gasteiger partial charge in [-0.3, -0.25) is 4.98 Å². The largest absolute Gasteiger partial charge is 0.387 e. The van der Waals surface area contributed by atoms with Crippen LogP contribution in [0.1, 0.15) is 47.8 Å². The first-order valence-corrected chi connectivity index (χ1v) is 6.99. The van der Waals surface area contributed by atoms with E-state index in [1.54, 1.807) is 6.20 Å². The highest BCUT2D eigenvalue weighted by Gasteiger charge is 2.28. The fourth-order valence-corrected chi connectivity index (χ4v) is 3.00. The fourth-order valence-electron chi connectivity index (χ4n) is 3.00. The van der Waals surface area contributed by atoms with Crippen LogP contribution in [0.3, 0.4) is 0 Å². The first-order chi connectivity index (χ1) is 9.29. The minimum absolute atomic E-state index is 0.450. The lowest BCUT2D eigenvalue weighted by atomic mass is 9.74. The molecular formula is C17H19NO. The molecule has 0 amide bonds. The first-order valence-electron chi connectivity index (χ1n) is 6.99. The van der Waals surface area contributed by atoms with Gasteiger partial charge in [0.15, 0.2) is 0 Å². The van der Waals surface area contributed by atoms with Crippen LogP contribution in [0.15, 0.2) is 42.6 Å².